The molecule has 6 rings (SSSR count). The van der Waals surface area contributed by atoms with Gasteiger partial charge in [-0.15, -0.1) is 0 Å². The van der Waals surface area contributed by atoms with Crippen LogP contribution in [0.1, 0.15) is 133 Å². The second-order valence-corrected chi connectivity index (χ2v) is 20.5. The zero-order valence-corrected chi connectivity index (χ0v) is 33.7. The van der Waals surface area contributed by atoms with Gasteiger partial charge in [-0.25, -0.2) is 0 Å². The molecule has 6 aliphatic rings. The highest BCUT2D eigenvalue weighted by atomic mass is 16.5. The Hall–Kier alpha value is -1.77. The molecule has 2 unspecified atom stereocenters. The van der Waals surface area contributed by atoms with E-state index in [4.69, 9.17) is 4.74 Å². The van der Waals surface area contributed by atoms with E-state index in [-0.39, 0.29) is 45.9 Å². The fourth-order valence-electron chi connectivity index (χ4n) is 13.6. The number of likely N-dealkylation sites (N-methyl/N-ethyl adjacent to an activating group) is 1. The molecule has 0 bridgehead atoms. The number of carboxylic acids is 1. The van der Waals surface area contributed by atoms with Crippen molar-refractivity contribution in [3.8, 4) is 0 Å². The zero-order chi connectivity index (χ0) is 37.5. The minimum Gasteiger partial charge on any atom is -0.481 e. The van der Waals surface area contributed by atoms with Crippen LogP contribution >= 0.6 is 0 Å². The van der Waals surface area contributed by atoms with Gasteiger partial charge in [0, 0.05) is 36.9 Å². The summed E-state index contributed by atoms with van der Waals surface area (Å²) in [6, 6.07) is 0. The Morgan fingerprint density at radius 2 is 1.61 bits per heavy atom. The normalized spacial score (nSPS) is 40.9. The molecule has 0 aromatic carbocycles. The molecule has 8 nitrogen and oxygen atoms in total. The van der Waals surface area contributed by atoms with E-state index in [1.165, 1.54) is 5.57 Å². The quantitative estimate of drug-likeness (QED) is 0.252. The maximum absolute atomic E-state index is 14.1. The first-order valence-corrected chi connectivity index (χ1v) is 20.4. The third-order valence-electron chi connectivity index (χ3n) is 16.7. The second kappa shape index (κ2) is 13.2. The van der Waals surface area contributed by atoms with Crippen molar-refractivity contribution < 1.29 is 29.3 Å². The number of nitrogens with zero attached hydrogens (tertiary/aromatic N) is 2. The zero-order valence-electron chi connectivity index (χ0n) is 33.7. The van der Waals surface area contributed by atoms with Gasteiger partial charge in [0.05, 0.1) is 17.9 Å². The van der Waals surface area contributed by atoms with Crippen LogP contribution in [0.5, 0.6) is 0 Å². The first-order valence-electron chi connectivity index (χ1n) is 20.4. The van der Waals surface area contributed by atoms with Gasteiger partial charge in [0.25, 0.3) is 0 Å². The number of esters is 1. The predicted molar refractivity (Wildman–Crippen MR) is 200 cm³/mol. The van der Waals surface area contributed by atoms with Gasteiger partial charge in [0.2, 0.25) is 0 Å². The number of ether oxygens (including phenoxy) is 1. The number of hydrogen-bond donors (Lipinski definition) is 2. The monoisotopic (exact) mass is 711 g/mol. The SMILES string of the molecule is CC(C)C1=C2[C@H]3CCC4[C@@]5(C)CC[C@H](OC(=O)CC(C)(C)C(=O)O)C(C)(C)[C@@H]5CC[C@@]4(C)[C@]3(C)CC[C@@]2(C(O)CN2CCCN(C)CC2)CC1=O. The van der Waals surface area contributed by atoms with Gasteiger partial charge in [0.15, 0.2) is 5.78 Å². The average Bonchev–Trinajstić information content (AvgIpc) is 3.19. The first-order chi connectivity index (χ1) is 23.6. The van der Waals surface area contributed by atoms with E-state index in [1.54, 1.807) is 13.8 Å². The van der Waals surface area contributed by atoms with Crippen LogP contribution in [0.15, 0.2) is 11.1 Å². The summed E-state index contributed by atoms with van der Waals surface area (Å²) in [6.45, 7) is 24.5. The molecule has 0 radical (unpaired) electrons. The van der Waals surface area contributed by atoms with E-state index in [0.717, 1.165) is 89.5 Å². The average molecular weight is 711 g/mol. The largest absolute Gasteiger partial charge is 0.481 e. The molecule has 5 aliphatic carbocycles. The molecule has 0 amide bonds. The highest BCUT2D eigenvalue weighted by Gasteiger charge is 2.70. The van der Waals surface area contributed by atoms with Crippen molar-refractivity contribution in [1.29, 1.82) is 0 Å². The number of carbonyl (C=O) groups excluding carboxylic acids is 2. The summed E-state index contributed by atoms with van der Waals surface area (Å²) in [5, 5.41) is 22.0. The smallest absolute Gasteiger partial charge is 0.309 e. The Bertz CT molecular complexity index is 1430. The number of Topliss-reactive ketones (excluding diaryl/α,β-unsaturated/α-hetero) is 1. The van der Waals surface area contributed by atoms with Crippen molar-refractivity contribution in [2.24, 2.45) is 56.2 Å². The van der Waals surface area contributed by atoms with E-state index in [9.17, 15) is 24.6 Å². The molecule has 5 fully saturated rings. The molecule has 0 aromatic rings. The number of fused-ring (bicyclic) bond motifs is 7. The maximum Gasteiger partial charge on any atom is 0.309 e. The summed E-state index contributed by atoms with van der Waals surface area (Å²) < 4.78 is 6.18. The van der Waals surface area contributed by atoms with Gasteiger partial charge in [-0.05, 0) is 137 Å². The molecule has 4 saturated carbocycles. The number of ketones is 1. The van der Waals surface area contributed by atoms with Gasteiger partial charge in [-0.3, -0.25) is 19.3 Å². The Morgan fingerprint density at radius 3 is 2.27 bits per heavy atom. The first kappa shape index (κ1) is 38.9. The van der Waals surface area contributed by atoms with E-state index < -0.39 is 28.9 Å². The second-order valence-electron chi connectivity index (χ2n) is 20.5. The van der Waals surface area contributed by atoms with Gasteiger partial charge >= 0.3 is 11.9 Å². The number of carboxylic acid groups (broad SMARTS) is 1. The molecule has 0 spiro atoms. The number of allylic oxidation sites excluding steroid dienone is 1. The number of carbonyl (C=O) groups is 3. The third-order valence-corrected chi connectivity index (χ3v) is 16.7. The van der Waals surface area contributed by atoms with Crippen LogP contribution in [-0.2, 0) is 19.1 Å². The molecule has 288 valence electrons. The van der Waals surface area contributed by atoms with Crippen molar-refractivity contribution in [3.63, 3.8) is 0 Å². The van der Waals surface area contributed by atoms with Crippen LogP contribution in [0.4, 0.5) is 0 Å². The van der Waals surface area contributed by atoms with Crippen LogP contribution in [0.3, 0.4) is 0 Å². The lowest BCUT2D eigenvalue weighted by Crippen LogP contribution is -2.66. The number of aliphatic carboxylic acids is 1. The summed E-state index contributed by atoms with van der Waals surface area (Å²) in [5.41, 5.74) is 0.741. The third kappa shape index (κ3) is 6.08. The summed E-state index contributed by atoms with van der Waals surface area (Å²) in [6.07, 6.45) is 8.74. The molecule has 1 heterocycles. The maximum atomic E-state index is 14.1. The molecular weight excluding hydrogens is 640 g/mol. The lowest BCUT2D eigenvalue weighted by molar-refractivity contribution is -0.235. The topological polar surface area (TPSA) is 107 Å². The predicted octanol–water partition coefficient (Wildman–Crippen LogP) is 7.38. The van der Waals surface area contributed by atoms with Crippen molar-refractivity contribution in [1.82, 2.24) is 9.80 Å². The minimum atomic E-state index is -1.16. The lowest BCUT2D eigenvalue weighted by atomic mass is 9.33. The fourth-order valence-corrected chi connectivity index (χ4v) is 13.6. The molecule has 1 saturated heterocycles. The van der Waals surface area contributed by atoms with Gasteiger partial charge < -0.3 is 19.8 Å². The molecule has 51 heavy (non-hydrogen) atoms. The number of aliphatic hydroxyl groups is 1. The Balaban J connectivity index is 1.28. The van der Waals surface area contributed by atoms with Crippen LogP contribution in [0.2, 0.25) is 0 Å². The summed E-state index contributed by atoms with van der Waals surface area (Å²) in [4.78, 5) is 43.8. The number of hydrogen-bond acceptors (Lipinski definition) is 7. The van der Waals surface area contributed by atoms with Crippen LogP contribution in [0.25, 0.3) is 0 Å². The minimum absolute atomic E-state index is 0.0222. The van der Waals surface area contributed by atoms with E-state index in [1.807, 2.05) is 0 Å². The fraction of sp³-hybridized carbons (Fsp3) is 0.884. The Morgan fingerprint density at radius 1 is 0.902 bits per heavy atom. The summed E-state index contributed by atoms with van der Waals surface area (Å²) >= 11 is 0. The summed E-state index contributed by atoms with van der Waals surface area (Å²) in [5.74, 6) is 0.233. The van der Waals surface area contributed by atoms with E-state index in [0.29, 0.717) is 30.7 Å². The molecular formula is C43H70N2O6. The number of β-amino-alcohol motifs (C(OH)–C–C–N with tert-alkyl or cyclic N) is 1. The van der Waals surface area contributed by atoms with Crippen LogP contribution < -0.4 is 0 Å². The molecule has 8 heteroatoms. The molecule has 9 atom stereocenters. The highest BCUT2D eigenvalue weighted by molar-refractivity contribution is 6.00. The summed E-state index contributed by atoms with van der Waals surface area (Å²) in [7, 11) is 2.18. The van der Waals surface area contributed by atoms with Crippen molar-refractivity contribution in [3.05, 3.63) is 11.1 Å². The number of rotatable bonds is 8. The van der Waals surface area contributed by atoms with Crippen LogP contribution in [0, 0.1) is 56.2 Å². The molecule has 2 N–H and O–H groups in total. The van der Waals surface area contributed by atoms with E-state index in [2.05, 4.69) is 65.3 Å². The van der Waals surface area contributed by atoms with Gasteiger partial charge in [-0.1, -0.05) is 54.0 Å². The molecule has 1 aliphatic heterocycles. The van der Waals surface area contributed by atoms with Crippen LogP contribution in [-0.4, -0.2) is 89.7 Å². The molecule has 0 aromatic heterocycles. The Labute approximate surface area is 308 Å². The van der Waals surface area contributed by atoms with E-state index >= 15 is 0 Å². The van der Waals surface area contributed by atoms with Gasteiger partial charge in [-0.2, -0.15) is 0 Å². The Kier molecular flexibility index (Phi) is 10.1. The highest BCUT2D eigenvalue weighted by Crippen LogP contribution is 2.77. The lowest BCUT2D eigenvalue weighted by Gasteiger charge is -2.72. The number of aliphatic hydroxyl groups excluding tert-OH is 1. The van der Waals surface area contributed by atoms with Crippen molar-refractivity contribution >= 4 is 17.7 Å². The standard InChI is InChI=1S/C43H70N2O6/c1-27(2)35-29(46)24-43(32(47)26-45-21-11-20-44(10)22-23-45)19-18-41(8)28(36(35)43)12-13-31-40(7)16-15-33(51-34(48)25-38(3,4)37(49)50)39(5,6)30(40)14-17-42(31,41)9/h27-28,30-33,47H,11-26H2,1-10H3,(H,49,50)/t28-,30+,31?,32?,33+,40+,41-,42-,43+/m1/s1. The van der Waals surface area contributed by atoms with Crippen molar-refractivity contribution in [2.45, 2.75) is 145 Å². The van der Waals surface area contributed by atoms with Gasteiger partial charge in [0.1, 0.15) is 6.10 Å². The van der Waals surface area contributed by atoms with Crippen molar-refractivity contribution in [2.75, 3.05) is 39.8 Å².